The Bertz CT molecular complexity index is 968. The summed E-state index contributed by atoms with van der Waals surface area (Å²) in [5, 5.41) is 12.2. The lowest BCUT2D eigenvalue weighted by Gasteiger charge is -2.14. The fraction of sp³-hybridized carbons (Fsp3) is 0.348. The average molecular weight is 425 g/mol. The molecule has 0 aliphatic heterocycles. The smallest absolute Gasteiger partial charge is 0.237 e. The number of anilines is 1. The number of unbranched alkanes of at least 4 members (excludes halogenated alkanes) is 1. The number of rotatable bonds is 9. The molecule has 0 radical (unpaired) electrons. The minimum Gasteiger partial charge on any atom is -0.497 e. The van der Waals surface area contributed by atoms with E-state index in [1.165, 1.54) is 11.8 Å². The first kappa shape index (κ1) is 21.9. The molecule has 1 amide bonds. The van der Waals surface area contributed by atoms with Gasteiger partial charge in [-0.1, -0.05) is 42.8 Å². The summed E-state index contributed by atoms with van der Waals surface area (Å²) in [6, 6.07) is 15.6. The lowest BCUT2D eigenvalue weighted by molar-refractivity contribution is -0.115. The minimum atomic E-state index is -0.306. The molecule has 1 N–H and O–H groups in total. The molecule has 0 aliphatic rings. The number of carbonyl (C=O) groups excluding carboxylic acids is 1. The molecule has 0 aliphatic carbocycles. The Morgan fingerprint density at radius 1 is 1.13 bits per heavy atom. The first-order chi connectivity index (χ1) is 14.5. The SMILES string of the molecule is CCCCn1c(S[C@@H](C)C(=O)Nc2ccc(C)cc2)nnc1-c1ccc(OC)cc1. The van der Waals surface area contributed by atoms with Crippen LogP contribution in [0.1, 0.15) is 32.3 Å². The van der Waals surface area contributed by atoms with Gasteiger partial charge < -0.3 is 14.6 Å². The molecule has 6 nitrogen and oxygen atoms in total. The van der Waals surface area contributed by atoms with Crippen LogP contribution < -0.4 is 10.1 Å². The fourth-order valence-corrected chi connectivity index (χ4v) is 3.81. The molecule has 0 saturated heterocycles. The van der Waals surface area contributed by atoms with Crippen molar-refractivity contribution < 1.29 is 9.53 Å². The summed E-state index contributed by atoms with van der Waals surface area (Å²) in [6.07, 6.45) is 2.08. The van der Waals surface area contributed by atoms with Crippen molar-refractivity contribution in [1.82, 2.24) is 14.8 Å². The molecule has 2 aromatic carbocycles. The lowest BCUT2D eigenvalue weighted by Crippen LogP contribution is -2.23. The highest BCUT2D eigenvalue weighted by atomic mass is 32.2. The van der Waals surface area contributed by atoms with Gasteiger partial charge in [0, 0.05) is 17.8 Å². The van der Waals surface area contributed by atoms with E-state index in [2.05, 4.69) is 27.0 Å². The number of nitrogens with one attached hydrogen (secondary N) is 1. The molecule has 0 fully saturated rings. The number of benzene rings is 2. The van der Waals surface area contributed by atoms with Crippen LogP contribution in [0.3, 0.4) is 0 Å². The Hall–Kier alpha value is -2.80. The second-order valence-corrected chi connectivity index (χ2v) is 8.46. The van der Waals surface area contributed by atoms with E-state index in [1.807, 2.05) is 62.4 Å². The molecule has 0 unspecified atom stereocenters. The van der Waals surface area contributed by atoms with Gasteiger partial charge >= 0.3 is 0 Å². The fourth-order valence-electron chi connectivity index (χ4n) is 2.94. The monoisotopic (exact) mass is 424 g/mol. The third kappa shape index (κ3) is 5.42. The molecule has 1 atom stereocenters. The molecule has 3 aromatic rings. The van der Waals surface area contributed by atoms with Crippen LogP contribution in [0.2, 0.25) is 0 Å². The van der Waals surface area contributed by atoms with Crippen LogP contribution in [0.4, 0.5) is 5.69 Å². The predicted octanol–water partition coefficient (Wildman–Crippen LogP) is 5.18. The number of ether oxygens (including phenoxy) is 1. The summed E-state index contributed by atoms with van der Waals surface area (Å²) in [6.45, 7) is 6.87. The highest BCUT2D eigenvalue weighted by molar-refractivity contribution is 8.00. The third-order valence-electron chi connectivity index (χ3n) is 4.77. The van der Waals surface area contributed by atoms with Crippen molar-refractivity contribution in [2.24, 2.45) is 0 Å². The third-order valence-corrected chi connectivity index (χ3v) is 5.85. The quantitative estimate of drug-likeness (QED) is 0.479. The number of amides is 1. The van der Waals surface area contributed by atoms with Gasteiger partial charge in [-0.15, -0.1) is 10.2 Å². The van der Waals surface area contributed by atoms with Crippen molar-refractivity contribution in [3.8, 4) is 17.1 Å². The number of hydrogen-bond donors (Lipinski definition) is 1. The molecular formula is C23H28N4O2S. The molecule has 7 heteroatoms. The average Bonchev–Trinajstić information content (AvgIpc) is 3.16. The van der Waals surface area contributed by atoms with Gasteiger partial charge in [0.15, 0.2) is 11.0 Å². The van der Waals surface area contributed by atoms with E-state index in [-0.39, 0.29) is 11.2 Å². The topological polar surface area (TPSA) is 69.0 Å². The van der Waals surface area contributed by atoms with Crippen LogP contribution in [-0.4, -0.2) is 33.0 Å². The summed E-state index contributed by atoms with van der Waals surface area (Å²) < 4.78 is 7.35. The van der Waals surface area contributed by atoms with Crippen molar-refractivity contribution in [3.05, 3.63) is 54.1 Å². The van der Waals surface area contributed by atoms with E-state index >= 15 is 0 Å². The Kier molecular flexibility index (Phi) is 7.52. The van der Waals surface area contributed by atoms with E-state index in [0.29, 0.717) is 0 Å². The largest absolute Gasteiger partial charge is 0.497 e. The summed E-state index contributed by atoms with van der Waals surface area (Å²) in [5.41, 5.74) is 2.93. The molecule has 30 heavy (non-hydrogen) atoms. The maximum Gasteiger partial charge on any atom is 0.237 e. The van der Waals surface area contributed by atoms with Gasteiger partial charge in [0.25, 0.3) is 0 Å². The number of nitrogens with zero attached hydrogens (tertiary/aromatic N) is 3. The van der Waals surface area contributed by atoms with Crippen LogP contribution in [0.25, 0.3) is 11.4 Å². The summed E-state index contributed by atoms with van der Waals surface area (Å²) in [5.74, 6) is 1.55. The highest BCUT2D eigenvalue weighted by Crippen LogP contribution is 2.29. The van der Waals surface area contributed by atoms with E-state index < -0.39 is 0 Å². The molecule has 158 valence electrons. The van der Waals surface area contributed by atoms with E-state index in [4.69, 9.17) is 4.74 Å². The Morgan fingerprint density at radius 3 is 2.47 bits per heavy atom. The Labute approximate surface area is 182 Å². The van der Waals surface area contributed by atoms with Gasteiger partial charge in [0.2, 0.25) is 5.91 Å². The minimum absolute atomic E-state index is 0.0557. The first-order valence-electron chi connectivity index (χ1n) is 10.1. The number of thioether (sulfide) groups is 1. The maximum atomic E-state index is 12.7. The van der Waals surface area contributed by atoms with Gasteiger partial charge in [-0.05, 0) is 56.7 Å². The van der Waals surface area contributed by atoms with Crippen LogP contribution in [0.15, 0.2) is 53.7 Å². The Balaban J connectivity index is 1.77. The molecule has 0 saturated carbocycles. The van der Waals surface area contributed by atoms with Crippen molar-refractivity contribution in [2.45, 2.75) is 50.6 Å². The second-order valence-electron chi connectivity index (χ2n) is 7.16. The van der Waals surface area contributed by atoms with Gasteiger partial charge in [0.05, 0.1) is 12.4 Å². The standard InChI is InChI=1S/C23H28N4O2S/c1-5-6-15-27-21(18-9-13-20(29-4)14-10-18)25-26-23(27)30-17(3)22(28)24-19-11-7-16(2)8-12-19/h7-14,17H,5-6,15H2,1-4H3,(H,24,28)/t17-/m0/s1. The van der Waals surface area contributed by atoms with E-state index in [9.17, 15) is 4.79 Å². The first-order valence-corrected chi connectivity index (χ1v) is 11.0. The zero-order chi connectivity index (χ0) is 21.5. The van der Waals surface area contributed by atoms with Crippen molar-refractivity contribution in [3.63, 3.8) is 0 Å². The Morgan fingerprint density at radius 2 is 1.83 bits per heavy atom. The number of hydrogen-bond acceptors (Lipinski definition) is 5. The van der Waals surface area contributed by atoms with Gasteiger partial charge in [-0.3, -0.25) is 4.79 Å². The summed E-state index contributed by atoms with van der Waals surface area (Å²) in [4.78, 5) is 12.7. The number of carbonyl (C=O) groups is 1. The lowest BCUT2D eigenvalue weighted by atomic mass is 10.2. The van der Waals surface area contributed by atoms with E-state index in [0.717, 1.165) is 52.9 Å². The van der Waals surface area contributed by atoms with Crippen LogP contribution in [-0.2, 0) is 11.3 Å². The summed E-state index contributed by atoms with van der Waals surface area (Å²) in [7, 11) is 1.65. The normalized spacial score (nSPS) is 11.9. The van der Waals surface area contributed by atoms with Crippen molar-refractivity contribution in [1.29, 1.82) is 0 Å². The van der Waals surface area contributed by atoms with Crippen LogP contribution in [0.5, 0.6) is 5.75 Å². The van der Waals surface area contributed by atoms with Crippen molar-refractivity contribution in [2.75, 3.05) is 12.4 Å². The molecule has 0 bridgehead atoms. The zero-order valence-electron chi connectivity index (χ0n) is 17.9. The van der Waals surface area contributed by atoms with Gasteiger partial charge in [-0.2, -0.15) is 0 Å². The summed E-state index contributed by atoms with van der Waals surface area (Å²) >= 11 is 1.43. The zero-order valence-corrected chi connectivity index (χ0v) is 18.7. The number of aryl methyl sites for hydroxylation is 1. The molecule has 1 aromatic heterocycles. The van der Waals surface area contributed by atoms with Gasteiger partial charge in [0.1, 0.15) is 5.75 Å². The second kappa shape index (κ2) is 10.3. The van der Waals surface area contributed by atoms with Crippen molar-refractivity contribution >= 4 is 23.4 Å². The van der Waals surface area contributed by atoms with E-state index in [1.54, 1.807) is 7.11 Å². The molecule has 0 spiro atoms. The number of aromatic nitrogens is 3. The molecular weight excluding hydrogens is 396 g/mol. The van der Waals surface area contributed by atoms with Crippen LogP contribution in [0, 0.1) is 6.92 Å². The molecule has 3 rings (SSSR count). The predicted molar refractivity (Wildman–Crippen MR) is 122 cm³/mol. The van der Waals surface area contributed by atoms with Crippen LogP contribution >= 0.6 is 11.8 Å². The maximum absolute atomic E-state index is 12.7. The van der Waals surface area contributed by atoms with Gasteiger partial charge in [-0.25, -0.2) is 0 Å². The number of methoxy groups -OCH3 is 1. The highest BCUT2D eigenvalue weighted by Gasteiger charge is 2.21. The molecule has 1 heterocycles.